The second-order valence-electron chi connectivity index (χ2n) is 9.28. The summed E-state index contributed by atoms with van der Waals surface area (Å²) in [5, 5.41) is 8.36. The number of hydrogen-bond acceptors (Lipinski definition) is 3. The highest BCUT2D eigenvalue weighted by Gasteiger charge is 2.30. The Morgan fingerprint density at radius 2 is 1.67 bits per heavy atom. The van der Waals surface area contributed by atoms with Gasteiger partial charge in [0.1, 0.15) is 12.2 Å². The Morgan fingerprint density at radius 1 is 1.00 bits per heavy atom. The summed E-state index contributed by atoms with van der Waals surface area (Å²) in [5.74, 6) is 0.832. The molecular weight excluding hydrogens is 377 g/mol. The third kappa shape index (κ3) is 9.45. The molecule has 168 valence electrons. The first-order valence-electron chi connectivity index (χ1n) is 12.2. The largest absolute Gasteiger partial charge is 0.462 e. The monoisotopic (exact) mass is 417 g/mol. The zero-order chi connectivity index (χ0) is 21.6. The summed E-state index contributed by atoms with van der Waals surface area (Å²) in [5.41, 5.74) is 0. The van der Waals surface area contributed by atoms with E-state index in [2.05, 4.69) is 6.92 Å². The van der Waals surface area contributed by atoms with Gasteiger partial charge >= 0.3 is 5.97 Å². The fourth-order valence-electron chi connectivity index (χ4n) is 4.96. The second-order valence-corrected chi connectivity index (χ2v) is 9.28. The number of nitriles is 1. The molecule has 4 heteroatoms. The zero-order valence-corrected chi connectivity index (χ0v) is 18.8. The Hall–Kier alpha value is -1.63. The molecule has 0 atom stereocenters. The van der Waals surface area contributed by atoms with Gasteiger partial charge in [-0.25, -0.2) is 0 Å². The summed E-state index contributed by atoms with van der Waals surface area (Å²) in [6.45, 7) is 2.26. The van der Waals surface area contributed by atoms with Gasteiger partial charge in [-0.05, 0) is 82.1 Å². The molecule has 0 N–H and O–H groups in total. The Morgan fingerprint density at radius 3 is 2.33 bits per heavy atom. The van der Waals surface area contributed by atoms with Crippen LogP contribution < -0.4 is 0 Å². The molecule has 3 nitrogen and oxygen atoms in total. The number of hydrogen-bond donors (Lipinski definition) is 0. The van der Waals surface area contributed by atoms with Crippen molar-refractivity contribution in [3.63, 3.8) is 0 Å². The lowest BCUT2D eigenvalue weighted by Gasteiger charge is -2.31. The van der Waals surface area contributed by atoms with Gasteiger partial charge in [-0.3, -0.25) is 4.79 Å². The average molecular weight is 418 g/mol. The summed E-state index contributed by atoms with van der Waals surface area (Å²) in [4.78, 5) is 12.6. The molecule has 0 radical (unpaired) electrons. The molecule has 2 saturated carbocycles. The van der Waals surface area contributed by atoms with Crippen molar-refractivity contribution in [1.82, 2.24) is 0 Å². The molecule has 0 aliphatic heterocycles. The minimum absolute atomic E-state index is 0.0388. The van der Waals surface area contributed by atoms with E-state index < -0.39 is 5.83 Å². The smallest absolute Gasteiger partial charge is 0.309 e. The first kappa shape index (κ1) is 24.6. The molecule has 2 aliphatic carbocycles. The minimum Gasteiger partial charge on any atom is -0.462 e. The number of esters is 1. The van der Waals surface area contributed by atoms with E-state index in [1.165, 1.54) is 57.1 Å². The maximum Gasteiger partial charge on any atom is 0.309 e. The normalized spacial score (nSPS) is 27.7. The minimum atomic E-state index is -0.759. The van der Waals surface area contributed by atoms with Crippen LogP contribution in [0.4, 0.5) is 4.39 Å². The van der Waals surface area contributed by atoms with Crippen LogP contribution >= 0.6 is 0 Å². The molecule has 30 heavy (non-hydrogen) atoms. The summed E-state index contributed by atoms with van der Waals surface area (Å²) >= 11 is 0. The van der Waals surface area contributed by atoms with Crippen molar-refractivity contribution in [2.24, 2.45) is 17.8 Å². The predicted molar refractivity (Wildman–Crippen MR) is 119 cm³/mol. The van der Waals surface area contributed by atoms with Crippen LogP contribution in [0.15, 0.2) is 24.1 Å². The molecule has 0 unspecified atom stereocenters. The van der Waals surface area contributed by atoms with Crippen molar-refractivity contribution in [2.75, 3.05) is 0 Å². The van der Waals surface area contributed by atoms with Gasteiger partial charge in [-0.1, -0.05) is 51.2 Å². The molecule has 0 heterocycles. The van der Waals surface area contributed by atoms with E-state index in [1.807, 2.05) is 6.08 Å². The van der Waals surface area contributed by atoms with Gasteiger partial charge in [0.2, 0.25) is 0 Å². The number of halogens is 1. The van der Waals surface area contributed by atoms with Crippen molar-refractivity contribution >= 4 is 5.97 Å². The van der Waals surface area contributed by atoms with Crippen LogP contribution in [0.25, 0.3) is 0 Å². The maximum atomic E-state index is 12.7. The summed E-state index contributed by atoms with van der Waals surface area (Å²) in [6.07, 6.45) is 22.1. The summed E-state index contributed by atoms with van der Waals surface area (Å²) in [7, 11) is 0. The third-order valence-electron chi connectivity index (χ3n) is 6.95. The quantitative estimate of drug-likeness (QED) is 0.151. The Balaban J connectivity index is 1.57. The molecule has 2 rings (SSSR count). The van der Waals surface area contributed by atoms with Crippen LogP contribution in [0.1, 0.15) is 103 Å². The lowest BCUT2D eigenvalue weighted by Crippen LogP contribution is -2.30. The number of carbonyl (C=O) groups is 1. The van der Waals surface area contributed by atoms with E-state index in [4.69, 9.17) is 10.00 Å². The SMILES string of the molecule is CCCCCCC1CCC(OC(=O)C2CCC(CCC=CC=C(F)C#N)CC2)CC1. The molecule has 0 bridgehead atoms. The van der Waals surface area contributed by atoms with Gasteiger partial charge in [-0.15, -0.1) is 0 Å². The highest BCUT2D eigenvalue weighted by molar-refractivity contribution is 5.72. The van der Waals surface area contributed by atoms with E-state index in [1.54, 1.807) is 6.08 Å². The van der Waals surface area contributed by atoms with Crippen molar-refractivity contribution in [2.45, 2.75) is 109 Å². The van der Waals surface area contributed by atoms with Crippen molar-refractivity contribution in [3.05, 3.63) is 24.1 Å². The van der Waals surface area contributed by atoms with Gasteiger partial charge in [-0.2, -0.15) is 9.65 Å². The molecule has 2 aliphatic rings. The van der Waals surface area contributed by atoms with Gasteiger partial charge in [0.25, 0.3) is 0 Å². The van der Waals surface area contributed by atoms with Gasteiger partial charge in [0.15, 0.2) is 5.83 Å². The lowest BCUT2D eigenvalue weighted by atomic mass is 9.80. The first-order valence-corrected chi connectivity index (χ1v) is 12.2. The fourth-order valence-corrected chi connectivity index (χ4v) is 4.96. The van der Waals surface area contributed by atoms with E-state index in [0.29, 0.717) is 5.92 Å². The van der Waals surface area contributed by atoms with Crippen LogP contribution in [-0.4, -0.2) is 12.1 Å². The zero-order valence-electron chi connectivity index (χ0n) is 18.8. The molecule has 0 aromatic heterocycles. The molecule has 0 aromatic carbocycles. The average Bonchev–Trinajstić information content (AvgIpc) is 2.77. The highest BCUT2D eigenvalue weighted by Crippen LogP contribution is 2.34. The standard InChI is InChI=1S/C26H40FNO2/c1-2-3-4-6-9-22-14-18-25(19-15-22)30-26(29)23-16-12-21(13-17-23)10-7-5-8-11-24(27)20-28/h5,8,11,21-23,25H,2-4,6-7,9-10,12-19H2,1H3. The van der Waals surface area contributed by atoms with Gasteiger partial charge < -0.3 is 4.74 Å². The Bertz CT molecular complexity index is 591. The third-order valence-corrected chi connectivity index (χ3v) is 6.95. The molecule has 2 fully saturated rings. The van der Waals surface area contributed by atoms with Gasteiger partial charge in [0.05, 0.1) is 5.92 Å². The van der Waals surface area contributed by atoms with Crippen molar-refractivity contribution in [3.8, 4) is 6.07 Å². The van der Waals surface area contributed by atoms with Crippen LogP contribution in [0, 0.1) is 29.1 Å². The molecule has 0 spiro atoms. The highest BCUT2D eigenvalue weighted by atomic mass is 19.1. The predicted octanol–water partition coefficient (Wildman–Crippen LogP) is 7.58. The molecule has 0 amide bonds. The molecule has 0 saturated heterocycles. The van der Waals surface area contributed by atoms with Crippen LogP contribution in [0.2, 0.25) is 0 Å². The van der Waals surface area contributed by atoms with Crippen molar-refractivity contribution < 1.29 is 13.9 Å². The first-order chi connectivity index (χ1) is 14.6. The number of unbranched alkanes of at least 4 members (excludes halogenated alkanes) is 3. The summed E-state index contributed by atoms with van der Waals surface area (Å²) < 4.78 is 18.6. The van der Waals surface area contributed by atoms with E-state index in [9.17, 15) is 9.18 Å². The fraction of sp³-hybridized carbons (Fsp3) is 0.769. The van der Waals surface area contributed by atoms with Gasteiger partial charge in [0, 0.05) is 0 Å². The van der Waals surface area contributed by atoms with Crippen LogP contribution in [0.3, 0.4) is 0 Å². The Kier molecular flexibility index (Phi) is 11.8. The topological polar surface area (TPSA) is 50.1 Å². The lowest BCUT2D eigenvalue weighted by molar-refractivity contribution is -0.157. The van der Waals surface area contributed by atoms with E-state index in [0.717, 1.165) is 57.3 Å². The van der Waals surface area contributed by atoms with E-state index in [-0.39, 0.29) is 18.0 Å². The number of ether oxygens (including phenoxy) is 1. The maximum absolute atomic E-state index is 12.7. The number of nitrogens with zero attached hydrogens (tertiary/aromatic N) is 1. The Labute approximate surface area is 182 Å². The van der Waals surface area contributed by atoms with Crippen LogP contribution in [-0.2, 0) is 9.53 Å². The number of carbonyl (C=O) groups excluding carboxylic acids is 1. The molecular formula is C26H40FNO2. The number of allylic oxidation sites excluding steroid dienone is 4. The number of rotatable bonds is 11. The molecule has 0 aromatic rings. The second kappa shape index (κ2) is 14.4. The summed E-state index contributed by atoms with van der Waals surface area (Å²) in [6, 6.07) is 1.46. The van der Waals surface area contributed by atoms with Crippen LogP contribution in [0.5, 0.6) is 0 Å². The van der Waals surface area contributed by atoms with E-state index >= 15 is 0 Å². The van der Waals surface area contributed by atoms with Crippen molar-refractivity contribution in [1.29, 1.82) is 5.26 Å².